The van der Waals surface area contributed by atoms with Crippen molar-refractivity contribution in [3.8, 4) is 12.8 Å². The SMILES string of the molecule is C#C.CC.O=Cc1ccc2c(c1)C1CCCC1N2C1=CC=CCC1. The van der Waals surface area contributed by atoms with Crippen LogP contribution in [0.15, 0.2) is 42.1 Å². The van der Waals surface area contributed by atoms with E-state index in [2.05, 4.69) is 48.1 Å². The van der Waals surface area contributed by atoms with E-state index in [0.29, 0.717) is 12.0 Å². The summed E-state index contributed by atoms with van der Waals surface area (Å²) in [6.07, 6.45) is 21.8. The van der Waals surface area contributed by atoms with Crippen LogP contribution in [0.3, 0.4) is 0 Å². The molecule has 0 spiro atoms. The summed E-state index contributed by atoms with van der Waals surface area (Å²) in [7, 11) is 0. The summed E-state index contributed by atoms with van der Waals surface area (Å²) in [6, 6.07) is 6.84. The lowest BCUT2D eigenvalue weighted by Crippen LogP contribution is -2.31. The lowest BCUT2D eigenvalue weighted by atomic mass is 9.96. The normalized spacial score (nSPS) is 23.0. The Morgan fingerprint density at radius 2 is 2.00 bits per heavy atom. The predicted molar refractivity (Wildman–Crippen MR) is 102 cm³/mol. The molecule has 1 fully saturated rings. The van der Waals surface area contributed by atoms with Crippen LogP contribution in [0.5, 0.6) is 0 Å². The lowest BCUT2D eigenvalue weighted by Gasteiger charge is -2.30. The van der Waals surface area contributed by atoms with Crippen molar-refractivity contribution < 1.29 is 4.79 Å². The second kappa shape index (κ2) is 8.55. The van der Waals surface area contributed by atoms with Crippen molar-refractivity contribution >= 4 is 12.0 Å². The largest absolute Gasteiger partial charge is 0.341 e. The van der Waals surface area contributed by atoms with Crippen LogP contribution in [0.1, 0.15) is 67.8 Å². The highest BCUT2D eigenvalue weighted by Gasteiger charge is 2.42. The summed E-state index contributed by atoms with van der Waals surface area (Å²) in [5, 5.41) is 0. The third-order valence-electron chi connectivity index (χ3n) is 4.96. The first kappa shape index (κ1) is 18.1. The van der Waals surface area contributed by atoms with Gasteiger partial charge >= 0.3 is 0 Å². The summed E-state index contributed by atoms with van der Waals surface area (Å²) < 4.78 is 0. The van der Waals surface area contributed by atoms with Crippen LogP contribution in [0, 0.1) is 12.8 Å². The molecule has 1 saturated carbocycles. The first-order chi connectivity index (χ1) is 11.9. The zero-order valence-corrected chi connectivity index (χ0v) is 14.7. The standard InChI is InChI=1S/C18H19NO.C2H6.C2H2/c20-12-13-9-10-18-16(11-13)15-7-4-8-17(15)19(18)14-5-2-1-3-6-14;2*1-2/h1-2,5,9-12,15,17H,3-4,6-8H2;1-2H3;1-2H. The zero-order valence-electron chi connectivity index (χ0n) is 14.7. The van der Waals surface area contributed by atoms with Gasteiger partial charge in [-0.15, -0.1) is 12.8 Å². The van der Waals surface area contributed by atoms with E-state index in [1.807, 2.05) is 19.9 Å². The average Bonchev–Trinajstić information content (AvgIpc) is 3.26. The number of aldehydes is 1. The molecule has 2 nitrogen and oxygen atoms in total. The number of fused-ring (bicyclic) bond motifs is 3. The summed E-state index contributed by atoms with van der Waals surface area (Å²) in [5.41, 5.74) is 5.00. The number of carbonyl (C=O) groups excluding carboxylic acids is 1. The Balaban J connectivity index is 0.000000487. The van der Waals surface area contributed by atoms with Gasteiger partial charge in [0.15, 0.2) is 0 Å². The molecule has 1 heterocycles. The average molecular weight is 321 g/mol. The van der Waals surface area contributed by atoms with Gasteiger partial charge in [-0.05, 0) is 55.5 Å². The van der Waals surface area contributed by atoms with Gasteiger partial charge in [0.25, 0.3) is 0 Å². The van der Waals surface area contributed by atoms with E-state index in [9.17, 15) is 4.79 Å². The number of anilines is 1. The highest BCUT2D eigenvalue weighted by Crippen LogP contribution is 2.51. The number of terminal acetylenes is 1. The zero-order chi connectivity index (χ0) is 17.5. The van der Waals surface area contributed by atoms with Crippen LogP contribution in [-0.2, 0) is 0 Å². The Morgan fingerprint density at radius 3 is 2.67 bits per heavy atom. The van der Waals surface area contributed by atoms with Gasteiger partial charge in [-0.25, -0.2) is 0 Å². The number of rotatable bonds is 2. The Hall–Kier alpha value is -2.27. The van der Waals surface area contributed by atoms with Gasteiger partial charge in [0.05, 0.1) is 0 Å². The Bertz CT molecular complexity index is 653. The minimum atomic E-state index is 0.615. The molecule has 2 atom stereocenters. The first-order valence-corrected chi connectivity index (χ1v) is 8.96. The van der Waals surface area contributed by atoms with Gasteiger partial charge in [0, 0.05) is 28.9 Å². The fraction of sp³-hybridized carbons (Fsp3) is 0.409. The molecular formula is C22H27NO. The maximum Gasteiger partial charge on any atom is 0.150 e. The topological polar surface area (TPSA) is 20.3 Å². The second-order valence-electron chi connectivity index (χ2n) is 6.04. The van der Waals surface area contributed by atoms with Crippen LogP contribution in [0.25, 0.3) is 0 Å². The van der Waals surface area contributed by atoms with E-state index in [4.69, 9.17) is 0 Å². The quantitative estimate of drug-likeness (QED) is 0.532. The molecule has 1 aromatic rings. The van der Waals surface area contributed by atoms with Gasteiger partial charge < -0.3 is 4.90 Å². The number of hydrogen-bond acceptors (Lipinski definition) is 2. The fourth-order valence-electron chi connectivity index (χ4n) is 4.11. The van der Waals surface area contributed by atoms with E-state index < -0.39 is 0 Å². The molecular weight excluding hydrogens is 294 g/mol. The summed E-state index contributed by atoms with van der Waals surface area (Å²) in [4.78, 5) is 13.6. The highest BCUT2D eigenvalue weighted by molar-refractivity contribution is 5.79. The highest BCUT2D eigenvalue weighted by atomic mass is 16.1. The molecule has 0 bridgehead atoms. The van der Waals surface area contributed by atoms with Gasteiger partial charge in [-0.3, -0.25) is 4.79 Å². The first-order valence-electron chi connectivity index (χ1n) is 8.96. The lowest BCUT2D eigenvalue weighted by molar-refractivity contribution is 0.112. The van der Waals surface area contributed by atoms with Crippen LogP contribution in [0.4, 0.5) is 5.69 Å². The van der Waals surface area contributed by atoms with Crippen LogP contribution < -0.4 is 4.90 Å². The second-order valence-corrected chi connectivity index (χ2v) is 6.04. The maximum absolute atomic E-state index is 11.0. The predicted octanol–water partition coefficient (Wildman–Crippen LogP) is 5.46. The molecule has 3 aliphatic rings. The number of allylic oxidation sites excluding steroid dienone is 4. The minimum Gasteiger partial charge on any atom is -0.341 e. The molecule has 126 valence electrons. The van der Waals surface area contributed by atoms with Crippen molar-refractivity contribution in [1.29, 1.82) is 0 Å². The van der Waals surface area contributed by atoms with E-state index >= 15 is 0 Å². The maximum atomic E-state index is 11.0. The Labute approximate surface area is 146 Å². The van der Waals surface area contributed by atoms with Crippen LogP contribution >= 0.6 is 0 Å². The van der Waals surface area contributed by atoms with E-state index in [0.717, 1.165) is 24.7 Å². The fourth-order valence-corrected chi connectivity index (χ4v) is 4.11. The molecule has 2 unspecified atom stereocenters. The third kappa shape index (κ3) is 3.17. The molecule has 2 aliphatic carbocycles. The Morgan fingerprint density at radius 1 is 1.21 bits per heavy atom. The number of nitrogens with zero attached hydrogens (tertiary/aromatic N) is 1. The smallest absolute Gasteiger partial charge is 0.150 e. The van der Waals surface area contributed by atoms with Crippen molar-refractivity contribution in [3.05, 3.63) is 53.3 Å². The molecule has 1 aromatic carbocycles. The van der Waals surface area contributed by atoms with Gasteiger partial charge in [0.2, 0.25) is 0 Å². The van der Waals surface area contributed by atoms with Gasteiger partial charge in [-0.2, -0.15) is 0 Å². The van der Waals surface area contributed by atoms with Crippen molar-refractivity contribution in [2.45, 2.75) is 57.9 Å². The third-order valence-corrected chi connectivity index (χ3v) is 4.96. The van der Waals surface area contributed by atoms with Gasteiger partial charge in [0.1, 0.15) is 6.29 Å². The summed E-state index contributed by atoms with van der Waals surface area (Å²) in [6.45, 7) is 4.00. The van der Waals surface area contributed by atoms with Crippen LogP contribution in [0.2, 0.25) is 0 Å². The summed E-state index contributed by atoms with van der Waals surface area (Å²) >= 11 is 0. The number of carbonyl (C=O) groups is 1. The molecule has 4 rings (SSSR count). The van der Waals surface area contributed by atoms with E-state index in [1.165, 1.54) is 36.2 Å². The molecule has 0 radical (unpaired) electrons. The van der Waals surface area contributed by atoms with Crippen molar-refractivity contribution in [1.82, 2.24) is 0 Å². The molecule has 0 amide bonds. The van der Waals surface area contributed by atoms with Gasteiger partial charge in [-0.1, -0.05) is 32.4 Å². The van der Waals surface area contributed by atoms with E-state index in [-0.39, 0.29) is 0 Å². The van der Waals surface area contributed by atoms with E-state index in [1.54, 1.807) is 0 Å². The van der Waals surface area contributed by atoms with Crippen molar-refractivity contribution in [2.75, 3.05) is 4.90 Å². The molecule has 24 heavy (non-hydrogen) atoms. The van der Waals surface area contributed by atoms with Crippen molar-refractivity contribution in [3.63, 3.8) is 0 Å². The summed E-state index contributed by atoms with van der Waals surface area (Å²) in [5.74, 6) is 0.622. The Kier molecular flexibility index (Phi) is 6.44. The van der Waals surface area contributed by atoms with Crippen LogP contribution in [-0.4, -0.2) is 12.3 Å². The monoisotopic (exact) mass is 321 g/mol. The molecule has 0 N–H and O–H groups in total. The molecule has 1 aliphatic heterocycles. The molecule has 0 aromatic heterocycles. The van der Waals surface area contributed by atoms with Crippen molar-refractivity contribution in [2.24, 2.45) is 0 Å². The number of benzene rings is 1. The minimum absolute atomic E-state index is 0.615. The number of hydrogen-bond donors (Lipinski definition) is 0. The molecule has 2 heteroatoms. The molecule has 0 saturated heterocycles.